The predicted octanol–water partition coefficient (Wildman–Crippen LogP) is 8.28. The number of hydrogen-bond acceptors (Lipinski definition) is 5. The quantitative estimate of drug-likeness (QED) is 0.116. The molecule has 0 amide bonds. The molecule has 0 aliphatic rings. The summed E-state index contributed by atoms with van der Waals surface area (Å²) in [5.41, 5.74) is 8.66. The number of nitrogens with two attached hydrogens (primary N) is 1. The fourth-order valence-electron chi connectivity index (χ4n) is 4.20. The van der Waals surface area contributed by atoms with E-state index in [9.17, 15) is 29.3 Å². The second-order valence-electron chi connectivity index (χ2n) is 10.1. The molecule has 0 aliphatic carbocycles. The summed E-state index contributed by atoms with van der Waals surface area (Å²) < 4.78 is 12.7. The van der Waals surface area contributed by atoms with E-state index < -0.39 is 36.1 Å². The van der Waals surface area contributed by atoms with Crippen molar-refractivity contribution in [2.24, 2.45) is 11.7 Å². The highest BCUT2D eigenvalue weighted by molar-refractivity contribution is 6.34. The predicted molar refractivity (Wildman–Crippen MR) is 185 cm³/mol. The zero-order valence-corrected chi connectivity index (χ0v) is 26.8. The zero-order chi connectivity index (χ0) is 35.3. The van der Waals surface area contributed by atoms with Gasteiger partial charge in [-0.15, -0.1) is 0 Å². The molecule has 4 aromatic carbocycles. The van der Waals surface area contributed by atoms with Gasteiger partial charge in [0, 0.05) is 0 Å². The Morgan fingerprint density at radius 2 is 1.19 bits per heavy atom. The molecule has 0 saturated heterocycles. The highest BCUT2D eigenvalue weighted by Gasteiger charge is 2.29. The molecular formula is C36H36Cl2FN3O6. The van der Waals surface area contributed by atoms with E-state index in [0.717, 1.165) is 0 Å². The van der Waals surface area contributed by atoms with Gasteiger partial charge in [0.15, 0.2) is 0 Å². The number of hydrogen-bond donors (Lipinski definition) is 5. The van der Waals surface area contributed by atoms with Gasteiger partial charge in [-0.1, -0.05) is 109 Å². The van der Waals surface area contributed by atoms with Crippen LogP contribution in [0.1, 0.15) is 47.5 Å². The van der Waals surface area contributed by atoms with Crippen LogP contribution >= 0.6 is 23.2 Å². The standard InChI is InChI=1S/C18H16ClNO3.C9H11NO3.C8H5ClFN.CH4/c1-11-13(8-9-15(20-2)16(11)19)10-14(18(22)23)17(21)12-6-4-3-5-7-12;10-7(9(12)13)8(11)6-4-2-1-3-5-6;1-5-6(10)3-4-7(11-2)8(5)9;/h3-9,14,17,21H,10H2,1H3,(H,22,23);1-5,7-8,11H,10H2,(H,12,13);3-4H,1H3;1H4. The Labute approximate surface area is 289 Å². The molecule has 12 heteroatoms. The lowest BCUT2D eigenvalue weighted by molar-refractivity contribution is -0.146. The van der Waals surface area contributed by atoms with Crippen LogP contribution < -0.4 is 5.73 Å². The van der Waals surface area contributed by atoms with Crippen molar-refractivity contribution in [2.75, 3.05) is 0 Å². The molecule has 48 heavy (non-hydrogen) atoms. The van der Waals surface area contributed by atoms with Crippen molar-refractivity contribution in [1.29, 1.82) is 0 Å². The third-order valence-electron chi connectivity index (χ3n) is 7.06. The number of carboxylic acid groups (broad SMARTS) is 2. The van der Waals surface area contributed by atoms with Crippen LogP contribution in [0.3, 0.4) is 0 Å². The van der Waals surface area contributed by atoms with Crippen molar-refractivity contribution in [2.45, 2.75) is 45.9 Å². The summed E-state index contributed by atoms with van der Waals surface area (Å²) in [6.07, 6.45) is -2.14. The summed E-state index contributed by atoms with van der Waals surface area (Å²) >= 11 is 11.8. The van der Waals surface area contributed by atoms with E-state index in [4.69, 9.17) is 47.2 Å². The van der Waals surface area contributed by atoms with Gasteiger partial charge >= 0.3 is 11.9 Å². The Hall–Kier alpha value is -4.81. The van der Waals surface area contributed by atoms with Gasteiger partial charge in [-0.25, -0.2) is 14.1 Å². The smallest absolute Gasteiger partial charge is 0.323 e. The SMILES string of the molecule is C.NC(C(=O)O)C(O)c1ccccc1.[C-]#[N+]c1ccc(CC(C(=O)O)C(O)c2ccccc2)c(C)c1Cl.[C-]#[N+]c1ccc(F)c(C)c1Cl. The maximum atomic E-state index is 12.7. The van der Waals surface area contributed by atoms with Gasteiger partial charge in [0.25, 0.3) is 0 Å². The number of halogens is 3. The monoisotopic (exact) mass is 695 g/mol. The first kappa shape index (κ1) is 41.2. The largest absolute Gasteiger partial charge is 0.481 e. The van der Waals surface area contributed by atoms with Crippen molar-refractivity contribution < 1.29 is 34.4 Å². The van der Waals surface area contributed by atoms with Gasteiger partial charge in [-0.05, 0) is 54.2 Å². The number of benzene rings is 4. The second-order valence-corrected chi connectivity index (χ2v) is 10.9. The molecule has 0 fully saturated rings. The van der Waals surface area contributed by atoms with Crippen LogP contribution in [-0.2, 0) is 16.0 Å². The summed E-state index contributed by atoms with van der Waals surface area (Å²) in [6.45, 7) is 17.0. The van der Waals surface area contributed by atoms with Gasteiger partial charge < -0.3 is 26.2 Å². The van der Waals surface area contributed by atoms with E-state index in [1.807, 2.05) is 0 Å². The van der Waals surface area contributed by atoms with Crippen molar-refractivity contribution >= 4 is 46.5 Å². The average Bonchev–Trinajstić information content (AvgIpc) is 3.08. The first-order valence-corrected chi connectivity index (χ1v) is 14.6. The normalized spacial score (nSPS) is 12.5. The second kappa shape index (κ2) is 19.8. The first-order chi connectivity index (χ1) is 22.2. The molecule has 0 bridgehead atoms. The minimum Gasteiger partial charge on any atom is -0.481 e. The van der Waals surface area contributed by atoms with Crippen LogP contribution in [0.15, 0.2) is 84.9 Å². The molecular weight excluding hydrogens is 660 g/mol. The number of aliphatic hydroxyl groups is 2. The summed E-state index contributed by atoms with van der Waals surface area (Å²) in [4.78, 5) is 28.5. The van der Waals surface area contributed by atoms with E-state index >= 15 is 0 Å². The highest BCUT2D eigenvalue weighted by atomic mass is 35.5. The molecule has 6 N–H and O–H groups in total. The molecule has 0 aromatic heterocycles. The molecule has 4 unspecified atom stereocenters. The number of nitrogens with zero attached hydrogens (tertiary/aromatic N) is 2. The first-order valence-electron chi connectivity index (χ1n) is 13.9. The Morgan fingerprint density at radius 1 is 0.750 bits per heavy atom. The topological polar surface area (TPSA) is 150 Å². The van der Waals surface area contributed by atoms with Crippen LogP contribution in [0.25, 0.3) is 9.69 Å². The number of rotatable bonds is 8. The lowest BCUT2D eigenvalue weighted by Gasteiger charge is -2.21. The van der Waals surface area contributed by atoms with Crippen LogP contribution in [0.5, 0.6) is 0 Å². The fraction of sp³-hybridized carbons (Fsp3) is 0.222. The lowest BCUT2D eigenvalue weighted by Crippen LogP contribution is -2.36. The molecule has 0 heterocycles. The molecule has 0 aliphatic heterocycles. The van der Waals surface area contributed by atoms with Crippen molar-refractivity contribution in [1.82, 2.24) is 0 Å². The number of aliphatic hydroxyl groups excluding tert-OH is 2. The zero-order valence-electron chi connectivity index (χ0n) is 25.3. The van der Waals surface area contributed by atoms with Crippen molar-refractivity contribution in [3.63, 3.8) is 0 Å². The van der Waals surface area contributed by atoms with E-state index in [-0.39, 0.29) is 24.7 Å². The van der Waals surface area contributed by atoms with Gasteiger partial charge in [0.2, 0.25) is 11.4 Å². The molecule has 9 nitrogen and oxygen atoms in total. The Balaban J connectivity index is 0.000000391. The lowest BCUT2D eigenvalue weighted by atomic mass is 9.88. The van der Waals surface area contributed by atoms with Gasteiger partial charge in [-0.3, -0.25) is 9.59 Å². The van der Waals surface area contributed by atoms with E-state index in [1.165, 1.54) is 12.1 Å². The molecule has 0 saturated carbocycles. The Kier molecular flexibility index (Phi) is 17.0. The van der Waals surface area contributed by atoms with Crippen LogP contribution in [-0.4, -0.2) is 38.4 Å². The molecule has 0 radical (unpaired) electrons. The fourth-order valence-corrected chi connectivity index (χ4v) is 4.62. The molecule has 0 spiro atoms. The number of aliphatic carboxylic acids is 2. The Morgan fingerprint density at radius 3 is 1.62 bits per heavy atom. The molecule has 4 rings (SSSR count). The number of carboxylic acids is 2. The average molecular weight is 697 g/mol. The summed E-state index contributed by atoms with van der Waals surface area (Å²) in [7, 11) is 0. The maximum Gasteiger partial charge on any atom is 0.323 e. The van der Waals surface area contributed by atoms with Crippen molar-refractivity contribution in [3.05, 3.63) is 151 Å². The third kappa shape index (κ3) is 11.2. The maximum absolute atomic E-state index is 12.7. The van der Waals surface area contributed by atoms with E-state index in [2.05, 4.69) is 9.69 Å². The van der Waals surface area contributed by atoms with Gasteiger partial charge in [-0.2, -0.15) is 0 Å². The highest BCUT2D eigenvalue weighted by Crippen LogP contribution is 2.34. The molecule has 252 valence electrons. The van der Waals surface area contributed by atoms with Crippen molar-refractivity contribution in [3.8, 4) is 0 Å². The summed E-state index contributed by atoms with van der Waals surface area (Å²) in [5.74, 6) is -3.66. The van der Waals surface area contributed by atoms with Crippen LogP contribution in [0, 0.1) is 38.7 Å². The van der Waals surface area contributed by atoms with E-state index in [1.54, 1.807) is 86.6 Å². The minimum absolute atomic E-state index is 0. The third-order valence-corrected chi connectivity index (χ3v) is 8.02. The van der Waals surface area contributed by atoms with E-state index in [0.29, 0.717) is 44.2 Å². The van der Waals surface area contributed by atoms with Gasteiger partial charge in [0.05, 0.1) is 35.2 Å². The van der Waals surface area contributed by atoms with Crippen LogP contribution in [0.4, 0.5) is 15.8 Å². The summed E-state index contributed by atoms with van der Waals surface area (Å²) in [5, 5.41) is 38.4. The Bertz CT molecular complexity index is 1760. The molecule has 4 aromatic rings. The molecule has 4 atom stereocenters. The summed E-state index contributed by atoms with van der Waals surface area (Å²) in [6, 6.07) is 21.8. The number of carbonyl (C=O) groups is 2. The van der Waals surface area contributed by atoms with Crippen LogP contribution in [0.2, 0.25) is 10.0 Å². The minimum atomic E-state index is -1.28. The van der Waals surface area contributed by atoms with Gasteiger partial charge in [0.1, 0.15) is 18.0 Å².